The van der Waals surface area contributed by atoms with E-state index in [1.807, 2.05) is 6.07 Å². The molecule has 0 fully saturated rings. The van der Waals surface area contributed by atoms with E-state index >= 15 is 0 Å². The van der Waals surface area contributed by atoms with Gasteiger partial charge in [0.05, 0.1) is 28.9 Å². The molecule has 3 atom stereocenters. The van der Waals surface area contributed by atoms with Crippen LogP contribution in [-0.4, -0.2) is 40.9 Å². The topological polar surface area (TPSA) is 140 Å². The van der Waals surface area contributed by atoms with Crippen molar-refractivity contribution in [3.8, 4) is 0 Å². The van der Waals surface area contributed by atoms with Crippen LogP contribution >= 0.6 is 0 Å². The van der Waals surface area contributed by atoms with E-state index in [9.17, 15) is 27.6 Å². The number of benzene rings is 2. The van der Waals surface area contributed by atoms with Crippen LogP contribution in [0.2, 0.25) is 0 Å². The molecule has 1 aliphatic heterocycles. The molecule has 0 aliphatic carbocycles. The normalized spacial score (nSPS) is 16.8. The maximum atomic E-state index is 13.6. The van der Waals surface area contributed by atoms with E-state index in [0.717, 1.165) is 6.26 Å². The molecule has 1 aromatic heterocycles. The van der Waals surface area contributed by atoms with E-state index in [1.165, 1.54) is 6.92 Å². The van der Waals surface area contributed by atoms with E-state index in [1.54, 1.807) is 48.5 Å². The van der Waals surface area contributed by atoms with Crippen LogP contribution in [0.15, 0.2) is 70.4 Å². The number of carbonyl (C=O) groups is 3. The van der Waals surface area contributed by atoms with Crippen LogP contribution in [0.5, 0.6) is 0 Å². The van der Waals surface area contributed by atoms with Gasteiger partial charge in [0, 0.05) is 23.1 Å². The smallest absolute Gasteiger partial charge is 0.369 e. The second kappa shape index (κ2) is 11.5. The highest BCUT2D eigenvalue weighted by Crippen LogP contribution is 2.33. The zero-order valence-corrected chi connectivity index (χ0v) is 20.9. The molecule has 2 heterocycles. The summed E-state index contributed by atoms with van der Waals surface area (Å²) in [6.07, 6.45) is -6.72. The van der Waals surface area contributed by atoms with Crippen LogP contribution in [0, 0.1) is 12.8 Å². The lowest BCUT2D eigenvalue weighted by atomic mass is 9.81. The van der Waals surface area contributed by atoms with Crippen LogP contribution in [0.3, 0.4) is 0 Å². The minimum Gasteiger partial charge on any atom is -0.369 e. The number of rotatable bonds is 9. The lowest BCUT2D eigenvalue weighted by Crippen LogP contribution is -2.47. The Kier molecular flexibility index (Phi) is 8.12. The Labute approximate surface area is 221 Å². The Morgan fingerprint density at radius 2 is 1.82 bits per heavy atom. The average Bonchev–Trinajstić information content (AvgIpc) is 3.24. The molecular weight excluding hydrogens is 515 g/mol. The standard InChI is InChI=1S/C27H26F3N5O4/c1-15-19(14-39-35-15)21(23(31)36)18(11-7-13-27(28,29)30)25(37)34-24-26(38)32-20-12-6-5-10-17(20)22(33-24)16-8-3-2-4-9-16/h2-6,8-10,12,14,18,21,24H,7,11,13H2,1H3,(H2,31,36)(H,32,38)(H,34,37). The fourth-order valence-electron chi connectivity index (χ4n) is 4.56. The van der Waals surface area contributed by atoms with Crippen molar-refractivity contribution >= 4 is 29.1 Å². The maximum absolute atomic E-state index is 13.6. The fourth-order valence-corrected chi connectivity index (χ4v) is 4.56. The summed E-state index contributed by atoms with van der Waals surface area (Å²) in [6, 6.07) is 16.0. The first-order valence-electron chi connectivity index (χ1n) is 12.2. The van der Waals surface area contributed by atoms with Gasteiger partial charge in [0.15, 0.2) is 0 Å². The number of hydrogen-bond acceptors (Lipinski definition) is 6. The highest BCUT2D eigenvalue weighted by atomic mass is 19.4. The van der Waals surface area contributed by atoms with Gasteiger partial charge in [-0.25, -0.2) is 4.99 Å². The van der Waals surface area contributed by atoms with E-state index in [0.29, 0.717) is 22.5 Å². The molecule has 3 aromatic rings. The summed E-state index contributed by atoms with van der Waals surface area (Å²) in [5, 5.41) is 8.97. The monoisotopic (exact) mass is 541 g/mol. The second-order valence-electron chi connectivity index (χ2n) is 9.14. The number of para-hydroxylation sites is 1. The third-order valence-electron chi connectivity index (χ3n) is 6.42. The molecule has 4 rings (SSSR count). The molecule has 1 aliphatic rings. The largest absolute Gasteiger partial charge is 0.389 e. The molecule has 4 N–H and O–H groups in total. The number of aryl methyl sites for hydroxylation is 1. The first-order chi connectivity index (χ1) is 18.5. The number of alkyl halides is 3. The van der Waals surface area contributed by atoms with Crippen LogP contribution in [-0.2, 0) is 14.4 Å². The van der Waals surface area contributed by atoms with Crippen LogP contribution in [0.4, 0.5) is 18.9 Å². The zero-order valence-electron chi connectivity index (χ0n) is 20.9. The van der Waals surface area contributed by atoms with Gasteiger partial charge in [0.1, 0.15) is 6.26 Å². The number of halogens is 3. The number of anilines is 1. The number of primary amides is 1. The predicted octanol–water partition coefficient (Wildman–Crippen LogP) is 3.83. The predicted molar refractivity (Wildman–Crippen MR) is 136 cm³/mol. The summed E-state index contributed by atoms with van der Waals surface area (Å²) in [5.41, 5.74) is 8.25. The van der Waals surface area contributed by atoms with Gasteiger partial charge in [-0.3, -0.25) is 14.4 Å². The number of nitrogens with zero attached hydrogens (tertiary/aromatic N) is 2. The van der Waals surface area contributed by atoms with E-state index in [4.69, 9.17) is 10.3 Å². The molecule has 0 bridgehead atoms. The Hall–Kier alpha value is -4.48. The Morgan fingerprint density at radius 1 is 1.13 bits per heavy atom. The van der Waals surface area contributed by atoms with Gasteiger partial charge in [0.25, 0.3) is 5.91 Å². The van der Waals surface area contributed by atoms with Gasteiger partial charge >= 0.3 is 6.18 Å². The third-order valence-corrected chi connectivity index (χ3v) is 6.42. The third kappa shape index (κ3) is 6.51. The summed E-state index contributed by atoms with van der Waals surface area (Å²) >= 11 is 0. The average molecular weight is 542 g/mol. The highest BCUT2D eigenvalue weighted by molar-refractivity contribution is 6.19. The molecule has 0 saturated heterocycles. The Bertz CT molecular complexity index is 1390. The number of aliphatic imine (C=N–C) groups is 1. The first-order valence-corrected chi connectivity index (χ1v) is 12.2. The zero-order chi connectivity index (χ0) is 28.2. The minimum absolute atomic E-state index is 0.181. The van der Waals surface area contributed by atoms with Crippen LogP contribution in [0.25, 0.3) is 0 Å². The highest BCUT2D eigenvalue weighted by Gasteiger charge is 2.39. The summed E-state index contributed by atoms with van der Waals surface area (Å²) in [4.78, 5) is 43.8. The molecule has 0 saturated carbocycles. The SMILES string of the molecule is Cc1nocc1C(C(N)=O)C(CCCC(F)(F)F)C(=O)NC1N=C(c2ccccc2)c2ccccc2NC1=O. The van der Waals surface area contributed by atoms with Crippen LogP contribution < -0.4 is 16.4 Å². The van der Waals surface area contributed by atoms with E-state index in [2.05, 4.69) is 20.8 Å². The minimum atomic E-state index is -4.46. The Morgan fingerprint density at radius 3 is 2.46 bits per heavy atom. The fraction of sp³-hybridized carbons (Fsp3) is 0.296. The number of nitrogens with one attached hydrogen (secondary N) is 2. The summed E-state index contributed by atoms with van der Waals surface area (Å²) in [7, 11) is 0. The van der Waals surface area contributed by atoms with Crippen LogP contribution in [0.1, 0.15) is 47.6 Å². The number of amides is 3. The maximum Gasteiger partial charge on any atom is 0.389 e. The van der Waals surface area contributed by atoms with Gasteiger partial charge in [0.2, 0.25) is 18.0 Å². The van der Waals surface area contributed by atoms with Gasteiger partial charge in [-0.15, -0.1) is 0 Å². The molecule has 0 radical (unpaired) electrons. The molecule has 9 nitrogen and oxygen atoms in total. The lowest BCUT2D eigenvalue weighted by Gasteiger charge is -2.25. The molecule has 12 heteroatoms. The molecule has 39 heavy (non-hydrogen) atoms. The van der Waals surface area contributed by atoms with Crippen molar-refractivity contribution < 1.29 is 32.1 Å². The van der Waals surface area contributed by atoms with Crippen molar-refractivity contribution in [1.29, 1.82) is 0 Å². The summed E-state index contributed by atoms with van der Waals surface area (Å²) in [5.74, 6) is -5.15. The van der Waals surface area contributed by atoms with Crippen molar-refractivity contribution in [3.05, 3.63) is 83.2 Å². The molecule has 3 unspecified atom stereocenters. The number of aromatic nitrogens is 1. The van der Waals surface area contributed by atoms with Crippen molar-refractivity contribution in [2.45, 2.75) is 44.4 Å². The number of benzodiazepines with no additional fused rings is 1. The quantitative estimate of drug-likeness (QED) is 0.378. The van der Waals surface area contributed by atoms with E-state index < -0.39 is 54.7 Å². The van der Waals surface area contributed by atoms with Crippen molar-refractivity contribution in [2.75, 3.05) is 5.32 Å². The van der Waals surface area contributed by atoms with Crippen molar-refractivity contribution in [3.63, 3.8) is 0 Å². The molecular formula is C27H26F3N5O4. The summed E-state index contributed by atoms with van der Waals surface area (Å²) < 4.78 is 43.7. The van der Waals surface area contributed by atoms with E-state index in [-0.39, 0.29) is 17.7 Å². The number of carbonyl (C=O) groups excluding carboxylic acids is 3. The second-order valence-corrected chi connectivity index (χ2v) is 9.14. The van der Waals surface area contributed by atoms with Gasteiger partial charge in [-0.1, -0.05) is 53.7 Å². The summed E-state index contributed by atoms with van der Waals surface area (Å²) in [6.45, 7) is 1.52. The van der Waals surface area contributed by atoms with Gasteiger partial charge < -0.3 is 20.9 Å². The Balaban J connectivity index is 1.69. The number of fused-ring (bicyclic) bond motifs is 1. The number of hydrogen-bond donors (Lipinski definition) is 3. The molecule has 0 spiro atoms. The lowest BCUT2D eigenvalue weighted by molar-refractivity contribution is -0.139. The van der Waals surface area contributed by atoms with Gasteiger partial charge in [-0.2, -0.15) is 13.2 Å². The first kappa shape index (κ1) is 27.6. The van der Waals surface area contributed by atoms with Crippen molar-refractivity contribution in [1.82, 2.24) is 10.5 Å². The molecule has 204 valence electrons. The molecule has 2 aromatic carbocycles. The van der Waals surface area contributed by atoms with Gasteiger partial charge in [-0.05, 0) is 25.8 Å². The number of nitrogens with two attached hydrogens (primary N) is 1. The molecule has 3 amide bonds. The van der Waals surface area contributed by atoms with Crippen molar-refractivity contribution in [2.24, 2.45) is 16.6 Å².